The summed E-state index contributed by atoms with van der Waals surface area (Å²) in [6, 6.07) is 9.80. The highest BCUT2D eigenvalue weighted by atomic mass is 19.1. The van der Waals surface area contributed by atoms with Crippen molar-refractivity contribution in [1.82, 2.24) is 15.6 Å². The Hall–Kier alpha value is -2.63. The summed E-state index contributed by atoms with van der Waals surface area (Å²) in [6.45, 7) is 2.72. The maximum Gasteiger partial charge on any atom is 0.315 e. The molecule has 132 valence electrons. The third-order valence-electron chi connectivity index (χ3n) is 4.30. The molecule has 1 saturated heterocycles. The fourth-order valence-electron chi connectivity index (χ4n) is 3.03. The van der Waals surface area contributed by atoms with Crippen molar-refractivity contribution in [3.63, 3.8) is 0 Å². The maximum atomic E-state index is 13.1. The van der Waals surface area contributed by atoms with Crippen molar-refractivity contribution in [3.05, 3.63) is 59.5 Å². The van der Waals surface area contributed by atoms with Crippen molar-refractivity contribution in [2.75, 3.05) is 18.0 Å². The van der Waals surface area contributed by atoms with Crippen LogP contribution in [0.2, 0.25) is 0 Å². The van der Waals surface area contributed by atoms with Crippen molar-refractivity contribution >= 4 is 11.8 Å². The standard InChI is InChI=1S/C19H23FN4O/c20-17-8-4-6-15(12-17)13-22-19(25)23-14-16-7-5-9-21-18(16)24-10-2-1-3-11-24/h4-9,12H,1-3,10-11,13-14H2,(H2,22,23,25). The third-order valence-corrected chi connectivity index (χ3v) is 4.30. The van der Waals surface area contributed by atoms with E-state index in [0.717, 1.165) is 30.0 Å². The minimum Gasteiger partial charge on any atom is -0.356 e. The second kappa shape index (κ2) is 8.46. The van der Waals surface area contributed by atoms with Gasteiger partial charge >= 0.3 is 6.03 Å². The van der Waals surface area contributed by atoms with Gasteiger partial charge in [-0.1, -0.05) is 18.2 Å². The first-order valence-electron chi connectivity index (χ1n) is 8.67. The van der Waals surface area contributed by atoms with Crippen LogP contribution in [-0.4, -0.2) is 24.1 Å². The predicted octanol–water partition coefficient (Wildman–Crippen LogP) is 3.21. The van der Waals surface area contributed by atoms with Gasteiger partial charge in [-0.05, 0) is 43.0 Å². The van der Waals surface area contributed by atoms with E-state index in [1.807, 2.05) is 12.1 Å². The molecule has 1 aromatic heterocycles. The number of benzene rings is 1. The minimum atomic E-state index is -0.304. The number of amides is 2. The lowest BCUT2D eigenvalue weighted by Crippen LogP contribution is -2.36. The van der Waals surface area contributed by atoms with Crippen LogP contribution in [-0.2, 0) is 13.1 Å². The number of piperidine rings is 1. The average Bonchev–Trinajstić information content (AvgIpc) is 2.66. The molecule has 25 heavy (non-hydrogen) atoms. The number of aromatic nitrogens is 1. The van der Waals surface area contributed by atoms with E-state index >= 15 is 0 Å². The van der Waals surface area contributed by atoms with Crippen LogP contribution in [0.15, 0.2) is 42.6 Å². The summed E-state index contributed by atoms with van der Waals surface area (Å²) in [6.07, 6.45) is 5.41. The molecule has 3 rings (SSSR count). The van der Waals surface area contributed by atoms with E-state index in [9.17, 15) is 9.18 Å². The zero-order chi connectivity index (χ0) is 17.5. The molecule has 0 unspecified atom stereocenters. The molecule has 2 heterocycles. The smallest absolute Gasteiger partial charge is 0.315 e. The Morgan fingerprint density at radius 1 is 1.08 bits per heavy atom. The number of pyridine rings is 1. The van der Waals surface area contributed by atoms with Gasteiger partial charge in [0.1, 0.15) is 11.6 Å². The molecule has 2 aromatic rings. The molecule has 0 radical (unpaired) electrons. The number of rotatable bonds is 5. The largest absolute Gasteiger partial charge is 0.356 e. The fraction of sp³-hybridized carbons (Fsp3) is 0.368. The van der Waals surface area contributed by atoms with Gasteiger partial charge in [-0.3, -0.25) is 0 Å². The van der Waals surface area contributed by atoms with Crippen LogP contribution >= 0.6 is 0 Å². The number of carbonyl (C=O) groups excluding carboxylic acids is 1. The number of halogens is 1. The minimum absolute atomic E-state index is 0.280. The molecule has 1 aliphatic rings. The van der Waals surface area contributed by atoms with Crippen LogP contribution in [0.4, 0.5) is 15.0 Å². The molecule has 5 nitrogen and oxygen atoms in total. The Bertz CT molecular complexity index is 716. The molecule has 6 heteroatoms. The zero-order valence-electron chi connectivity index (χ0n) is 14.2. The maximum absolute atomic E-state index is 13.1. The Labute approximate surface area is 147 Å². The number of hydrogen-bond donors (Lipinski definition) is 2. The predicted molar refractivity (Wildman–Crippen MR) is 95.8 cm³/mol. The Balaban J connectivity index is 1.53. The SMILES string of the molecule is O=C(NCc1cccc(F)c1)NCc1cccnc1N1CCCCC1. The molecule has 2 amide bonds. The zero-order valence-corrected chi connectivity index (χ0v) is 14.2. The quantitative estimate of drug-likeness (QED) is 0.877. The summed E-state index contributed by atoms with van der Waals surface area (Å²) in [5, 5.41) is 5.60. The summed E-state index contributed by atoms with van der Waals surface area (Å²) in [7, 11) is 0. The number of anilines is 1. The monoisotopic (exact) mass is 342 g/mol. The molecule has 1 aromatic carbocycles. The topological polar surface area (TPSA) is 57.3 Å². The lowest BCUT2D eigenvalue weighted by atomic mass is 10.1. The van der Waals surface area contributed by atoms with E-state index in [-0.39, 0.29) is 18.4 Å². The highest BCUT2D eigenvalue weighted by Gasteiger charge is 2.15. The summed E-state index contributed by atoms with van der Waals surface area (Å²) < 4.78 is 13.1. The highest BCUT2D eigenvalue weighted by molar-refractivity contribution is 5.74. The molecule has 2 N–H and O–H groups in total. The van der Waals surface area contributed by atoms with Crippen LogP contribution in [0.3, 0.4) is 0 Å². The first-order chi connectivity index (χ1) is 12.2. The number of hydrogen-bond acceptors (Lipinski definition) is 3. The van der Waals surface area contributed by atoms with Gasteiger partial charge in [0.15, 0.2) is 0 Å². The van der Waals surface area contributed by atoms with Gasteiger partial charge in [0.05, 0.1) is 0 Å². The van der Waals surface area contributed by atoms with E-state index in [4.69, 9.17) is 0 Å². The number of nitrogens with zero attached hydrogens (tertiary/aromatic N) is 2. The number of urea groups is 1. The van der Waals surface area contributed by atoms with Gasteiger partial charge in [-0.25, -0.2) is 14.2 Å². The van der Waals surface area contributed by atoms with E-state index in [0.29, 0.717) is 6.54 Å². The Morgan fingerprint density at radius 3 is 2.68 bits per heavy atom. The first kappa shape index (κ1) is 17.2. The summed E-state index contributed by atoms with van der Waals surface area (Å²) in [4.78, 5) is 18.8. The molecule has 1 aliphatic heterocycles. The summed E-state index contributed by atoms with van der Waals surface area (Å²) in [5.74, 6) is 0.647. The van der Waals surface area contributed by atoms with Crippen molar-refractivity contribution in [3.8, 4) is 0 Å². The lowest BCUT2D eigenvalue weighted by Gasteiger charge is -2.29. The molecule has 0 spiro atoms. The van der Waals surface area contributed by atoms with E-state index in [1.54, 1.807) is 18.3 Å². The van der Waals surface area contributed by atoms with Gasteiger partial charge in [0.2, 0.25) is 0 Å². The Morgan fingerprint density at radius 2 is 1.88 bits per heavy atom. The van der Waals surface area contributed by atoms with Crippen LogP contribution in [0.25, 0.3) is 0 Å². The normalized spacial score (nSPS) is 14.2. The van der Waals surface area contributed by atoms with Crippen LogP contribution in [0.1, 0.15) is 30.4 Å². The van der Waals surface area contributed by atoms with E-state index in [2.05, 4.69) is 20.5 Å². The van der Waals surface area contributed by atoms with Crippen LogP contribution in [0, 0.1) is 5.82 Å². The number of nitrogens with one attached hydrogen (secondary N) is 2. The average molecular weight is 342 g/mol. The summed E-state index contributed by atoms with van der Waals surface area (Å²) in [5.41, 5.74) is 1.73. The fourth-order valence-corrected chi connectivity index (χ4v) is 3.03. The van der Waals surface area contributed by atoms with Crippen LogP contribution in [0.5, 0.6) is 0 Å². The van der Waals surface area contributed by atoms with Gasteiger partial charge in [-0.15, -0.1) is 0 Å². The lowest BCUT2D eigenvalue weighted by molar-refractivity contribution is 0.240. The summed E-state index contributed by atoms with van der Waals surface area (Å²) >= 11 is 0. The van der Waals surface area contributed by atoms with Crippen molar-refractivity contribution in [1.29, 1.82) is 0 Å². The van der Waals surface area contributed by atoms with Crippen molar-refractivity contribution in [2.45, 2.75) is 32.4 Å². The Kier molecular flexibility index (Phi) is 5.82. The molecule has 0 atom stereocenters. The molecular formula is C19H23FN4O. The van der Waals surface area contributed by atoms with Crippen molar-refractivity contribution in [2.24, 2.45) is 0 Å². The number of carbonyl (C=O) groups is 1. The van der Waals surface area contributed by atoms with Crippen LogP contribution < -0.4 is 15.5 Å². The van der Waals surface area contributed by atoms with Gasteiger partial charge in [0.25, 0.3) is 0 Å². The molecule has 1 fully saturated rings. The third kappa shape index (κ3) is 4.92. The molecule has 0 aliphatic carbocycles. The molecular weight excluding hydrogens is 319 g/mol. The van der Waals surface area contributed by atoms with Gasteiger partial charge in [0, 0.05) is 37.9 Å². The molecule has 0 saturated carbocycles. The van der Waals surface area contributed by atoms with Gasteiger partial charge in [-0.2, -0.15) is 0 Å². The first-order valence-corrected chi connectivity index (χ1v) is 8.67. The highest BCUT2D eigenvalue weighted by Crippen LogP contribution is 2.21. The van der Waals surface area contributed by atoms with Gasteiger partial charge < -0.3 is 15.5 Å². The van der Waals surface area contributed by atoms with Crippen molar-refractivity contribution < 1.29 is 9.18 Å². The molecule has 0 bridgehead atoms. The van der Waals surface area contributed by atoms with E-state index in [1.165, 1.54) is 31.4 Å². The second-order valence-corrected chi connectivity index (χ2v) is 6.20. The van der Waals surface area contributed by atoms with E-state index < -0.39 is 0 Å². The second-order valence-electron chi connectivity index (χ2n) is 6.20.